The van der Waals surface area contributed by atoms with Gasteiger partial charge in [-0.25, -0.2) is 0 Å². The fourth-order valence-electron chi connectivity index (χ4n) is 3.02. The molecule has 0 aromatic carbocycles. The Kier molecular flexibility index (Phi) is 5.85. The second kappa shape index (κ2) is 8.30. The van der Waals surface area contributed by atoms with E-state index < -0.39 is 6.04 Å². The highest BCUT2D eigenvalue weighted by Gasteiger charge is 2.34. The van der Waals surface area contributed by atoms with E-state index in [4.69, 9.17) is 4.52 Å². The number of piperazine rings is 1. The maximum atomic E-state index is 12.9. The zero-order valence-corrected chi connectivity index (χ0v) is 15.9. The molecule has 3 rings (SSSR count). The SMILES string of the molecule is Cc1ccc(NC(=O)C2CNCCN2C(=O)c2cc(CC(C)C)no2)cn1. The summed E-state index contributed by atoms with van der Waals surface area (Å²) in [6.45, 7) is 7.45. The fourth-order valence-corrected chi connectivity index (χ4v) is 3.02. The highest BCUT2D eigenvalue weighted by Crippen LogP contribution is 2.16. The monoisotopic (exact) mass is 371 g/mol. The van der Waals surface area contributed by atoms with Gasteiger partial charge in [-0.3, -0.25) is 14.6 Å². The molecule has 27 heavy (non-hydrogen) atoms. The van der Waals surface area contributed by atoms with Crippen LogP contribution in [0, 0.1) is 12.8 Å². The molecular formula is C19H25N5O3. The molecule has 0 bridgehead atoms. The van der Waals surface area contributed by atoms with Crippen LogP contribution in [0.25, 0.3) is 0 Å². The molecule has 1 saturated heterocycles. The number of anilines is 1. The molecule has 3 heterocycles. The summed E-state index contributed by atoms with van der Waals surface area (Å²) in [5.41, 5.74) is 2.21. The van der Waals surface area contributed by atoms with Crippen molar-refractivity contribution in [2.75, 3.05) is 25.0 Å². The minimum atomic E-state index is -0.633. The van der Waals surface area contributed by atoms with Gasteiger partial charge in [-0.15, -0.1) is 0 Å². The van der Waals surface area contributed by atoms with E-state index in [0.717, 1.165) is 17.8 Å². The molecule has 0 saturated carbocycles. The summed E-state index contributed by atoms with van der Waals surface area (Å²) in [7, 11) is 0. The summed E-state index contributed by atoms with van der Waals surface area (Å²) in [4.78, 5) is 31.3. The van der Waals surface area contributed by atoms with E-state index in [2.05, 4.69) is 34.6 Å². The molecule has 1 fully saturated rings. The lowest BCUT2D eigenvalue weighted by atomic mass is 10.1. The summed E-state index contributed by atoms with van der Waals surface area (Å²) < 4.78 is 5.24. The van der Waals surface area contributed by atoms with E-state index in [-0.39, 0.29) is 17.6 Å². The molecule has 2 N–H and O–H groups in total. The van der Waals surface area contributed by atoms with Gasteiger partial charge < -0.3 is 20.1 Å². The number of aryl methyl sites for hydroxylation is 1. The number of hydrogen-bond acceptors (Lipinski definition) is 6. The van der Waals surface area contributed by atoms with Gasteiger partial charge >= 0.3 is 0 Å². The third kappa shape index (κ3) is 4.71. The molecule has 2 aromatic heterocycles. The Morgan fingerprint density at radius 1 is 1.41 bits per heavy atom. The predicted octanol–water partition coefficient (Wildman–Crippen LogP) is 1.63. The first-order valence-corrected chi connectivity index (χ1v) is 9.15. The van der Waals surface area contributed by atoms with Crippen LogP contribution in [0.15, 0.2) is 28.9 Å². The largest absolute Gasteiger partial charge is 0.351 e. The van der Waals surface area contributed by atoms with E-state index in [1.54, 1.807) is 18.3 Å². The lowest BCUT2D eigenvalue weighted by Gasteiger charge is -2.34. The third-order valence-electron chi connectivity index (χ3n) is 4.37. The molecule has 1 aliphatic heterocycles. The van der Waals surface area contributed by atoms with E-state index in [9.17, 15) is 9.59 Å². The van der Waals surface area contributed by atoms with Gasteiger partial charge in [-0.2, -0.15) is 0 Å². The Morgan fingerprint density at radius 3 is 2.93 bits per heavy atom. The Bertz CT molecular complexity index is 800. The quantitative estimate of drug-likeness (QED) is 0.829. The summed E-state index contributed by atoms with van der Waals surface area (Å²) >= 11 is 0. The van der Waals surface area contributed by atoms with Crippen LogP contribution in [0.4, 0.5) is 5.69 Å². The highest BCUT2D eigenvalue weighted by molar-refractivity contribution is 6.00. The number of carbonyl (C=O) groups excluding carboxylic acids is 2. The Morgan fingerprint density at radius 2 is 2.22 bits per heavy atom. The van der Waals surface area contributed by atoms with Crippen molar-refractivity contribution in [3.05, 3.63) is 41.5 Å². The molecule has 144 valence electrons. The lowest BCUT2D eigenvalue weighted by Crippen LogP contribution is -2.58. The number of aromatic nitrogens is 2. The van der Waals surface area contributed by atoms with Crippen LogP contribution in [-0.2, 0) is 11.2 Å². The van der Waals surface area contributed by atoms with Gasteiger partial charge in [0.2, 0.25) is 11.7 Å². The van der Waals surface area contributed by atoms with Crippen molar-refractivity contribution in [1.82, 2.24) is 20.4 Å². The number of carbonyl (C=O) groups is 2. The van der Waals surface area contributed by atoms with Gasteiger partial charge in [-0.1, -0.05) is 19.0 Å². The van der Waals surface area contributed by atoms with E-state index in [0.29, 0.717) is 31.2 Å². The van der Waals surface area contributed by atoms with Crippen LogP contribution < -0.4 is 10.6 Å². The van der Waals surface area contributed by atoms with E-state index in [1.807, 2.05) is 13.0 Å². The number of rotatable bonds is 5. The maximum Gasteiger partial charge on any atom is 0.293 e. The number of hydrogen-bond donors (Lipinski definition) is 2. The van der Waals surface area contributed by atoms with Crippen molar-refractivity contribution in [3.63, 3.8) is 0 Å². The Hall–Kier alpha value is -2.74. The number of amides is 2. The molecule has 1 unspecified atom stereocenters. The molecule has 8 nitrogen and oxygen atoms in total. The minimum absolute atomic E-state index is 0.169. The second-order valence-electron chi connectivity index (χ2n) is 7.18. The molecule has 0 radical (unpaired) electrons. The van der Waals surface area contributed by atoms with E-state index >= 15 is 0 Å². The lowest BCUT2D eigenvalue weighted by molar-refractivity contribution is -0.121. The molecule has 1 aliphatic rings. The first-order chi connectivity index (χ1) is 12.9. The van der Waals surface area contributed by atoms with Crippen LogP contribution in [0.2, 0.25) is 0 Å². The zero-order valence-electron chi connectivity index (χ0n) is 15.9. The van der Waals surface area contributed by atoms with Crippen molar-refractivity contribution in [2.45, 2.75) is 33.2 Å². The van der Waals surface area contributed by atoms with E-state index in [1.165, 1.54) is 4.90 Å². The standard InChI is InChI=1S/C19H25N5O3/c1-12(2)8-15-9-17(27-23-15)19(26)24-7-6-20-11-16(24)18(25)22-14-5-4-13(3)21-10-14/h4-5,9-10,12,16,20H,6-8,11H2,1-3H3,(H,22,25). The normalized spacial score (nSPS) is 17.2. The highest BCUT2D eigenvalue weighted by atomic mass is 16.5. The molecular weight excluding hydrogens is 346 g/mol. The van der Waals surface area contributed by atoms with Gasteiger partial charge in [0.05, 0.1) is 17.6 Å². The fraction of sp³-hybridized carbons (Fsp3) is 0.474. The number of nitrogens with zero attached hydrogens (tertiary/aromatic N) is 3. The summed E-state index contributed by atoms with van der Waals surface area (Å²) in [6, 6.07) is 4.65. The molecule has 8 heteroatoms. The second-order valence-corrected chi connectivity index (χ2v) is 7.18. The van der Waals surface area contributed by atoms with Gasteiger partial charge in [0, 0.05) is 31.4 Å². The summed E-state index contributed by atoms with van der Waals surface area (Å²) in [5, 5.41) is 9.96. The Labute approximate surface area is 158 Å². The third-order valence-corrected chi connectivity index (χ3v) is 4.37. The number of nitrogens with one attached hydrogen (secondary N) is 2. The van der Waals surface area contributed by atoms with Crippen LogP contribution in [0.1, 0.15) is 35.8 Å². The molecule has 0 spiro atoms. The van der Waals surface area contributed by atoms with Crippen LogP contribution in [0.5, 0.6) is 0 Å². The first kappa shape index (κ1) is 19.0. The van der Waals surface area contributed by atoms with Gasteiger partial charge in [0.25, 0.3) is 5.91 Å². The van der Waals surface area contributed by atoms with Crippen LogP contribution in [0.3, 0.4) is 0 Å². The number of pyridine rings is 1. The van der Waals surface area contributed by atoms with Gasteiger partial charge in [0.1, 0.15) is 6.04 Å². The van der Waals surface area contributed by atoms with Crippen LogP contribution in [-0.4, -0.2) is 52.5 Å². The van der Waals surface area contributed by atoms with Gasteiger partial charge in [0.15, 0.2) is 0 Å². The smallest absolute Gasteiger partial charge is 0.293 e. The van der Waals surface area contributed by atoms with Crippen molar-refractivity contribution in [2.24, 2.45) is 5.92 Å². The average Bonchev–Trinajstić information content (AvgIpc) is 3.10. The summed E-state index contributed by atoms with van der Waals surface area (Å²) in [6.07, 6.45) is 2.34. The average molecular weight is 371 g/mol. The predicted molar refractivity (Wildman–Crippen MR) is 100 cm³/mol. The molecule has 2 aromatic rings. The van der Waals surface area contributed by atoms with Crippen molar-refractivity contribution in [3.8, 4) is 0 Å². The van der Waals surface area contributed by atoms with Crippen molar-refractivity contribution in [1.29, 1.82) is 0 Å². The van der Waals surface area contributed by atoms with Crippen molar-refractivity contribution < 1.29 is 14.1 Å². The topological polar surface area (TPSA) is 100 Å². The molecule has 1 atom stereocenters. The van der Waals surface area contributed by atoms with Gasteiger partial charge in [-0.05, 0) is 31.4 Å². The first-order valence-electron chi connectivity index (χ1n) is 9.15. The minimum Gasteiger partial charge on any atom is -0.351 e. The Balaban J connectivity index is 1.72. The van der Waals surface area contributed by atoms with Crippen molar-refractivity contribution >= 4 is 17.5 Å². The zero-order chi connectivity index (χ0) is 19.4. The van der Waals surface area contributed by atoms with Crippen LogP contribution >= 0.6 is 0 Å². The summed E-state index contributed by atoms with van der Waals surface area (Å²) in [5.74, 6) is 0.00513. The molecule has 2 amide bonds. The maximum absolute atomic E-state index is 12.9. The molecule has 0 aliphatic carbocycles.